The van der Waals surface area contributed by atoms with Crippen LogP contribution in [-0.2, 0) is 17.9 Å². The van der Waals surface area contributed by atoms with Gasteiger partial charge in [0.05, 0.1) is 0 Å². The first-order chi connectivity index (χ1) is 9.80. The zero-order valence-electron chi connectivity index (χ0n) is 11.5. The largest absolute Gasteiger partial charge is 0.326 e. The molecule has 0 aliphatic heterocycles. The SMILES string of the molecule is NCc1cccc(C(CC=O)c2ccccc2CN)c1. The summed E-state index contributed by atoms with van der Waals surface area (Å²) in [7, 11) is 0. The van der Waals surface area contributed by atoms with Crippen LogP contribution < -0.4 is 11.5 Å². The molecule has 3 nitrogen and oxygen atoms in total. The van der Waals surface area contributed by atoms with E-state index >= 15 is 0 Å². The monoisotopic (exact) mass is 268 g/mol. The van der Waals surface area contributed by atoms with Gasteiger partial charge >= 0.3 is 0 Å². The Morgan fingerprint density at radius 1 is 1.00 bits per heavy atom. The van der Waals surface area contributed by atoms with E-state index in [2.05, 4.69) is 6.07 Å². The standard InChI is InChI=1S/C17H20N2O/c18-11-13-4-3-6-14(10-13)17(8-9-20)16-7-2-1-5-15(16)12-19/h1-7,9-10,17H,8,11-12,18-19H2. The van der Waals surface area contributed by atoms with Gasteiger partial charge in [-0.3, -0.25) is 0 Å². The molecule has 0 aliphatic rings. The molecule has 20 heavy (non-hydrogen) atoms. The highest BCUT2D eigenvalue weighted by Crippen LogP contribution is 2.30. The lowest BCUT2D eigenvalue weighted by atomic mass is 9.85. The lowest BCUT2D eigenvalue weighted by molar-refractivity contribution is -0.108. The fourth-order valence-corrected chi connectivity index (χ4v) is 2.54. The third kappa shape index (κ3) is 3.13. The first-order valence-electron chi connectivity index (χ1n) is 6.80. The quantitative estimate of drug-likeness (QED) is 0.790. The molecular formula is C17H20N2O. The van der Waals surface area contributed by atoms with Crippen molar-refractivity contribution < 1.29 is 4.79 Å². The molecule has 0 saturated heterocycles. The average molecular weight is 268 g/mol. The second-order valence-corrected chi connectivity index (χ2v) is 4.81. The molecule has 0 spiro atoms. The summed E-state index contributed by atoms with van der Waals surface area (Å²) in [6.07, 6.45) is 1.41. The van der Waals surface area contributed by atoms with Crippen molar-refractivity contribution in [3.05, 3.63) is 70.8 Å². The predicted octanol–water partition coefficient (Wildman–Crippen LogP) is 2.32. The van der Waals surface area contributed by atoms with Crippen LogP contribution in [0.3, 0.4) is 0 Å². The van der Waals surface area contributed by atoms with Crippen molar-refractivity contribution >= 4 is 6.29 Å². The molecule has 0 saturated carbocycles. The molecule has 2 rings (SSSR count). The summed E-state index contributed by atoms with van der Waals surface area (Å²) in [5.74, 6) is 0.0405. The summed E-state index contributed by atoms with van der Waals surface area (Å²) in [6.45, 7) is 0.974. The predicted molar refractivity (Wildman–Crippen MR) is 81.2 cm³/mol. The van der Waals surface area contributed by atoms with Gasteiger partial charge in [0.15, 0.2) is 0 Å². The Morgan fingerprint density at radius 2 is 1.80 bits per heavy atom. The molecule has 4 N–H and O–H groups in total. The minimum atomic E-state index is 0.0405. The van der Waals surface area contributed by atoms with Gasteiger partial charge in [0.1, 0.15) is 6.29 Å². The van der Waals surface area contributed by atoms with Crippen molar-refractivity contribution in [3.8, 4) is 0 Å². The maximum atomic E-state index is 11.1. The summed E-state index contributed by atoms with van der Waals surface area (Å²) in [5, 5.41) is 0. The van der Waals surface area contributed by atoms with Crippen LogP contribution in [0.4, 0.5) is 0 Å². The van der Waals surface area contributed by atoms with Crippen LogP contribution in [0.5, 0.6) is 0 Å². The molecule has 0 radical (unpaired) electrons. The first-order valence-corrected chi connectivity index (χ1v) is 6.80. The summed E-state index contributed by atoms with van der Waals surface area (Å²) in [5.41, 5.74) is 15.9. The van der Waals surface area contributed by atoms with Crippen LogP contribution in [-0.4, -0.2) is 6.29 Å². The maximum Gasteiger partial charge on any atom is 0.120 e. The Bertz CT molecular complexity index is 581. The highest BCUT2D eigenvalue weighted by Gasteiger charge is 2.16. The molecular weight excluding hydrogens is 248 g/mol. The average Bonchev–Trinajstić information content (AvgIpc) is 2.52. The van der Waals surface area contributed by atoms with E-state index in [0.717, 1.165) is 28.5 Å². The molecule has 0 aliphatic carbocycles. The molecule has 3 heteroatoms. The van der Waals surface area contributed by atoms with Crippen molar-refractivity contribution in [1.29, 1.82) is 0 Å². The lowest BCUT2D eigenvalue weighted by Crippen LogP contribution is -2.09. The van der Waals surface area contributed by atoms with Gasteiger partial charge in [0.2, 0.25) is 0 Å². The van der Waals surface area contributed by atoms with E-state index in [1.165, 1.54) is 0 Å². The normalized spacial score (nSPS) is 12.1. The lowest BCUT2D eigenvalue weighted by Gasteiger charge is -2.19. The fraction of sp³-hybridized carbons (Fsp3) is 0.235. The highest BCUT2D eigenvalue weighted by atomic mass is 16.1. The van der Waals surface area contributed by atoms with E-state index < -0.39 is 0 Å². The number of rotatable bonds is 6. The molecule has 0 fully saturated rings. The molecule has 1 unspecified atom stereocenters. The minimum Gasteiger partial charge on any atom is -0.326 e. The second kappa shape index (κ2) is 6.98. The number of nitrogens with two attached hydrogens (primary N) is 2. The zero-order valence-corrected chi connectivity index (χ0v) is 11.5. The Hall–Kier alpha value is -1.97. The Kier molecular flexibility index (Phi) is 5.04. The molecule has 1 atom stereocenters. The van der Waals surface area contributed by atoms with E-state index in [-0.39, 0.29) is 5.92 Å². The summed E-state index contributed by atoms with van der Waals surface area (Å²) in [6, 6.07) is 16.1. The fourth-order valence-electron chi connectivity index (χ4n) is 2.54. The van der Waals surface area contributed by atoms with E-state index in [9.17, 15) is 4.79 Å². The summed E-state index contributed by atoms with van der Waals surface area (Å²) >= 11 is 0. The molecule has 0 heterocycles. The van der Waals surface area contributed by atoms with E-state index in [0.29, 0.717) is 19.5 Å². The third-order valence-corrected chi connectivity index (χ3v) is 3.57. The molecule has 0 aromatic heterocycles. The van der Waals surface area contributed by atoms with Gasteiger partial charge in [-0.1, -0.05) is 48.5 Å². The number of hydrogen-bond acceptors (Lipinski definition) is 3. The van der Waals surface area contributed by atoms with Crippen LogP contribution in [0.1, 0.15) is 34.6 Å². The van der Waals surface area contributed by atoms with Crippen LogP contribution >= 0.6 is 0 Å². The Morgan fingerprint density at radius 3 is 2.50 bits per heavy atom. The highest BCUT2D eigenvalue weighted by molar-refractivity contribution is 5.55. The van der Waals surface area contributed by atoms with Gasteiger partial charge in [-0.2, -0.15) is 0 Å². The van der Waals surface area contributed by atoms with Crippen molar-refractivity contribution in [1.82, 2.24) is 0 Å². The molecule has 104 valence electrons. The minimum absolute atomic E-state index is 0.0405. The van der Waals surface area contributed by atoms with E-state index in [1.54, 1.807) is 0 Å². The zero-order chi connectivity index (χ0) is 14.4. The summed E-state index contributed by atoms with van der Waals surface area (Å²) < 4.78 is 0. The number of aldehydes is 1. The van der Waals surface area contributed by atoms with Crippen LogP contribution in [0.2, 0.25) is 0 Å². The van der Waals surface area contributed by atoms with Crippen LogP contribution in [0.15, 0.2) is 48.5 Å². The van der Waals surface area contributed by atoms with Crippen molar-refractivity contribution in [2.75, 3.05) is 0 Å². The second-order valence-electron chi connectivity index (χ2n) is 4.81. The molecule has 0 amide bonds. The van der Waals surface area contributed by atoms with Crippen molar-refractivity contribution in [2.24, 2.45) is 11.5 Å². The van der Waals surface area contributed by atoms with Crippen molar-refractivity contribution in [3.63, 3.8) is 0 Å². The van der Waals surface area contributed by atoms with Gasteiger partial charge in [-0.25, -0.2) is 0 Å². The molecule has 0 bridgehead atoms. The number of hydrogen-bond donors (Lipinski definition) is 2. The number of benzene rings is 2. The topological polar surface area (TPSA) is 69.1 Å². The maximum absolute atomic E-state index is 11.1. The Labute approximate surface area is 119 Å². The Balaban J connectivity index is 2.47. The van der Waals surface area contributed by atoms with Gasteiger partial charge in [0.25, 0.3) is 0 Å². The molecule has 2 aromatic rings. The van der Waals surface area contributed by atoms with E-state index in [1.807, 2.05) is 42.5 Å². The van der Waals surface area contributed by atoms with Crippen LogP contribution in [0.25, 0.3) is 0 Å². The van der Waals surface area contributed by atoms with Crippen LogP contribution in [0, 0.1) is 0 Å². The van der Waals surface area contributed by atoms with Gasteiger partial charge in [0, 0.05) is 25.4 Å². The number of carbonyl (C=O) groups excluding carboxylic acids is 1. The van der Waals surface area contributed by atoms with Gasteiger partial charge in [-0.05, 0) is 22.3 Å². The van der Waals surface area contributed by atoms with E-state index in [4.69, 9.17) is 11.5 Å². The third-order valence-electron chi connectivity index (χ3n) is 3.57. The summed E-state index contributed by atoms with van der Waals surface area (Å²) in [4.78, 5) is 11.1. The van der Waals surface area contributed by atoms with Gasteiger partial charge in [-0.15, -0.1) is 0 Å². The number of carbonyl (C=O) groups is 1. The molecule has 2 aromatic carbocycles. The van der Waals surface area contributed by atoms with Crippen molar-refractivity contribution in [2.45, 2.75) is 25.4 Å². The first kappa shape index (κ1) is 14.4. The van der Waals surface area contributed by atoms with Gasteiger partial charge < -0.3 is 16.3 Å². The smallest absolute Gasteiger partial charge is 0.120 e.